The van der Waals surface area contributed by atoms with Crippen LogP contribution >= 0.6 is 11.3 Å². The van der Waals surface area contributed by atoms with Gasteiger partial charge in [-0.25, -0.2) is 8.42 Å². The largest absolute Gasteiger partial charge is 0.305 e. The van der Waals surface area contributed by atoms with E-state index in [1.165, 1.54) is 23.5 Å². The summed E-state index contributed by atoms with van der Waals surface area (Å²) >= 11 is 1.39. The number of carbonyl (C=O) groups is 1. The van der Waals surface area contributed by atoms with Crippen molar-refractivity contribution < 1.29 is 13.2 Å². The van der Waals surface area contributed by atoms with Crippen molar-refractivity contribution >= 4 is 37.3 Å². The highest BCUT2D eigenvalue weighted by atomic mass is 32.2. The monoisotopic (exact) mass is 426 g/mol. The lowest BCUT2D eigenvalue weighted by atomic mass is 10.1. The summed E-state index contributed by atoms with van der Waals surface area (Å²) in [6.07, 6.45) is 5.53. The van der Waals surface area contributed by atoms with Gasteiger partial charge in [0.2, 0.25) is 0 Å². The van der Waals surface area contributed by atoms with Crippen LogP contribution in [0.1, 0.15) is 35.3 Å². The van der Waals surface area contributed by atoms with E-state index in [0.29, 0.717) is 4.80 Å². The molecule has 0 unspecified atom stereocenters. The fourth-order valence-corrected chi connectivity index (χ4v) is 5.09. The Labute approximate surface area is 174 Å². The van der Waals surface area contributed by atoms with Gasteiger partial charge in [0.25, 0.3) is 5.91 Å². The lowest BCUT2D eigenvalue weighted by Crippen LogP contribution is -2.17. The van der Waals surface area contributed by atoms with Crippen LogP contribution in [0.3, 0.4) is 0 Å². The summed E-state index contributed by atoms with van der Waals surface area (Å²) < 4.78 is 27.7. The summed E-state index contributed by atoms with van der Waals surface area (Å²) in [6.45, 7) is 7.56. The van der Waals surface area contributed by atoms with Crippen molar-refractivity contribution in [2.45, 2.75) is 44.4 Å². The average molecular weight is 427 g/mol. The zero-order valence-corrected chi connectivity index (χ0v) is 18.4. The first-order chi connectivity index (χ1) is 13.6. The molecule has 0 fully saturated rings. The summed E-state index contributed by atoms with van der Waals surface area (Å²) in [5.74, 6) is 2.11. The minimum Gasteiger partial charge on any atom is -0.305 e. The number of hydrogen-bond acceptors (Lipinski definition) is 4. The molecule has 0 saturated heterocycles. The Morgan fingerprint density at radius 1 is 1.21 bits per heavy atom. The van der Waals surface area contributed by atoms with Crippen molar-refractivity contribution in [3.8, 4) is 12.3 Å². The van der Waals surface area contributed by atoms with E-state index in [1.54, 1.807) is 26.0 Å². The number of aryl methyl sites for hydroxylation is 2. The van der Waals surface area contributed by atoms with E-state index < -0.39 is 21.0 Å². The number of nitrogens with zero attached hydrogens (tertiary/aromatic N) is 2. The second-order valence-electron chi connectivity index (χ2n) is 7.12. The summed E-state index contributed by atoms with van der Waals surface area (Å²) in [5, 5.41) is -0.573. The molecule has 1 aromatic heterocycles. The molecule has 0 aliphatic heterocycles. The molecule has 0 aliphatic carbocycles. The molecule has 0 aliphatic rings. The van der Waals surface area contributed by atoms with E-state index in [9.17, 15) is 13.2 Å². The summed E-state index contributed by atoms with van der Waals surface area (Å²) in [7, 11) is -3.48. The highest BCUT2D eigenvalue weighted by Gasteiger charge is 2.20. The number of thiazole rings is 1. The number of fused-ring (bicyclic) bond motifs is 1. The van der Waals surface area contributed by atoms with Crippen molar-refractivity contribution in [1.29, 1.82) is 0 Å². The average Bonchev–Trinajstić information content (AvgIpc) is 2.98. The number of terminal acetylenes is 1. The first-order valence-electron chi connectivity index (χ1n) is 9.12. The Kier molecular flexibility index (Phi) is 5.78. The molecule has 3 aromatic rings. The van der Waals surface area contributed by atoms with E-state index in [4.69, 9.17) is 6.42 Å². The number of aromatic nitrogens is 1. The van der Waals surface area contributed by atoms with Crippen LogP contribution in [0.2, 0.25) is 0 Å². The van der Waals surface area contributed by atoms with Crippen LogP contribution in [0.5, 0.6) is 0 Å². The van der Waals surface area contributed by atoms with Gasteiger partial charge in [-0.05, 0) is 69.2 Å². The second kappa shape index (κ2) is 7.97. The zero-order chi connectivity index (χ0) is 21.3. The fraction of sp³-hybridized carbons (Fsp3) is 0.273. The predicted molar refractivity (Wildman–Crippen MR) is 117 cm³/mol. The molecule has 0 saturated carbocycles. The standard InChI is InChI=1S/C22H22N2O3S2/c1-6-10-24-19-11-15(4)16(5)12-20(19)28-22(24)23-21(25)17-8-7-9-18(13-17)29(26,27)14(2)3/h1,7-9,11-14H,10H2,2-5H3. The molecule has 0 bridgehead atoms. The van der Waals surface area contributed by atoms with Gasteiger partial charge in [-0.2, -0.15) is 4.99 Å². The molecule has 29 heavy (non-hydrogen) atoms. The van der Waals surface area contributed by atoms with Crippen LogP contribution in [-0.4, -0.2) is 24.1 Å². The predicted octanol–water partition coefficient (Wildman–Crippen LogP) is 3.88. The Hall–Kier alpha value is -2.69. The van der Waals surface area contributed by atoms with Gasteiger partial charge in [-0.1, -0.05) is 23.3 Å². The molecule has 2 aromatic carbocycles. The van der Waals surface area contributed by atoms with E-state index in [2.05, 4.69) is 17.0 Å². The molecule has 0 atom stereocenters. The number of benzene rings is 2. The van der Waals surface area contributed by atoms with Gasteiger partial charge in [-0.15, -0.1) is 6.42 Å². The zero-order valence-electron chi connectivity index (χ0n) is 16.8. The van der Waals surface area contributed by atoms with Crippen molar-refractivity contribution in [3.05, 3.63) is 57.9 Å². The van der Waals surface area contributed by atoms with Crippen LogP contribution in [0.15, 0.2) is 46.3 Å². The Morgan fingerprint density at radius 2 is 1.90 bits per heavy atom. The van der Waals surface area contributed by atoms with E-state index in [-0.39, 0.29) is 17.0 Å². The molecule has 5 nitrogen and oxygen atoms in total. The van der Waals surface area contributed by atoms with Crippen molar-refractivity contribution in [3.63, 3.8) is 0 Å². The van der Waals surface area contributed by atoms with Crippen molar-refractivity contribution in [2.75, 3.05) is 0 Å². The van der Waals surface area contributed by atoms with Crippen molar-refractivity contribution in [2.24, 2.45) is 4.99 Å². The van der Waals surface area contributed by atoms with Gasteiger partial charge in [0.15, 0.2) is 14.6 Å². The minimum atomic E-state index is -3.48. The third-order valence-corrected chi connectivity index (χ3v) is 7.97. The maximum Gasteiger partial charge on any atom is 0.279 e. The van der Waals surface area contributed by atoms with Crippen LogP contribution in [0.25, 0.3) is 10.2 Å². The molecule has 0 radical (unpaired) electrons. The first-order valence-corrected chi connectivity index (χ1v) is 11.5. The first kappa shape index (κ1) is 21.0. The van der Waals surface area contributed by atoms with Crippen LogP contribution < -0.4 is 4.80 Å². The third-order valence-electron chi connectivity index (χ3n) is 4.77. The van der Waals surface area contributed by atoms with Gasteiger partial charge in [0, 0.05) is 5.56 Å². The molecule has 0 spiro atoms. The van der Waals surface area contributed by atoms with E-state index in [1.807, 2.05) is 24.5 Å². The Bertz CT molecular complexity index is 1320. The van der Waals surface area contributed by atoms with Crippen LogP contribution in [0, 0.1) is 26.2 Å². The summed E-state index contributed by atoms with van der Waals surface area (Å²) in [6, 6.07) is 10.1. The number of rotatable bonds is 4. The summed E-state index contributed by atoms with van der Waals surface area (Å²) in [4.78, 5) is 17.7. The van der Waals surface area contributed by atoms with Gasteiger partial charge in [-0.3, -0.25) is 4.79 Å². The minimum absolute atomic E-state index is 0.118. The quantitative estimate of drug-likeness (QED) is 0.595. The summed E-state index contributed by atoms with van der Waals surface area (Å²) in [5.41, 5.74) is 3.43. The lowest BCUT2D eigenvalue weighted by Gasteiger charge is -2.08. The van der Waals surface area contributed by atoms with Crippen molar-refractivity contribution in [1.82, 2.24) is 4.57 Å². The Morgan fingerprint density at radius 3 is 2.55 bits per heavy atom. The molecule has 150 valence electrons. The highest BCUT2D eigenvalue weighted by molar-refractivity contribution is 7.92. The van der Waals surface area contributed by atoms with Crippen LogP contribution in [-0.2, 0) is 16.4 Å². The normalized spacial score (nSPS) is 12.5. The number of carbonyl (C=O) groups excluding carboxylic acids is 1. The maximum absolute atomic E-state index is 12.8. The van der Waals surface area contributed by atoms with Gasteiger partial charge >= 0.3 is 0 Å². The topological polar surface area (TPSA) is 68.5 Å². The molecular formula is C22H22N2O3S2. The number of hydrogen-bond donors (Lipinski definition) is 0. The van der Waals surface area contributed by atoms with Crippen LogP contribution in [0.4, 0.5) is 0 Å². The molecular weight excluding hydrogens is 404 g/mol. The van der Waals surface area contributed by atoms with Gasteiger partial charge in [0.05, 0.1) is 26.9 Å². The van der Waals surface area contributed by atoms with E-state index in [0.717, 1.165) is 21.3 Å². The molecule has 3 rings (SSSR count). The van der Waals surface area contributed by atoms with Gasteiger partial charge in [0.1, 0.15) is 0 Å². The third kappa shape index (κ3) is 4.04. The highest BCUT2D eigenvalue weighted by Crippen LogP contribution is 2.22. The number of sulfone groups is 1. The Balaban J connectivity index is 2.14. The maximum atomic E-state index is 12.8. The molecule has 1 amide bonds. The number of amides is 1. The second-order valence-corrected chi connectivity index (χ2v) is 10.6. The van der Waals surface area contributed by atoms with Gasteiger partial charge < -0.3 is 4.57 Å². The molecule has 0 N–H and O–H groups in total. The van der Waals surface area contributed by atoms with E-state index >= 15 is 0 Å². The smallest absolute Gasteiger partial charge is 0.279 e. The fourth-order valence-electron chi connectivity index (χ4n) is 2.88. The SMILES string of the molecule is C#CCn1c(=NC(=O)c2cccc(S(=O)(=O)C(C)C)c2)sc2cc(C)c(C)cc21. The molecule has 1 heterocycles. The lowest BCUT2D eigenvalue weighted by molar-refractivity contribution is 0.0997. The molecule has 7 heteroatoms.